The van der Waals surface area contributed by atoms with E-state index in [1.165, 1.54) is 5.56 Å². The standard InChI is InChI=1S/C13H12O2.C9H12.2C2H6/c14-12-5-1-10(2-6-12)9-11-3-7-13(15)8-4-11;1-8(2)9-6-4-3-5-7-9;2*1-2/h1-8,14-15H,9H2;3-8H,1-2H3;2*1-2H3. The van der Waals surface area contributed by atoms with Crippen molar-refractivity contribution >= 4 is 0 Å². The van der Waals surface area contributed by atoms with Crippen molar-refractivity contribution in [3.8, 4) is 11.5 Å². The molecule has 0 aliphatic rings. The van der Waals surface area contributed by atoms with Crippen LogP contribution in [0.2, 0.25) is 0 Å². The van der Waals surface area contributed by atoms with Gasteiger partial charge in [0.2, 0.25) is 0 Å². The maximum Gasteiger partial charge on any atom is 0.115 e. The molecule has 0 spiro atoms. The lowest BCUT2D eigenvalue weighted by Crippen LogP contribution is -1.86. The van der Waals surface area contributed by atoms with Gasteiger partial charge < -0.3 is 10.2 Å². The minimum absolute atomic E-state index is 0.282. The maximum absolute atomic E-state index is 9.13. The van der Waals surface area contributed by atoms with Crippen molar-refractivity contribution in [1.29, 1.82) is 0 Å². The fourth-order valence-electron chi connectivity index (χ4n) is 2.30. The van der Waals surface area contributed by atoms with Gasteiger partial charge in [-0.2, -0.15) is 0 Å². The van der Waals surface area contributed by atoms with E-state index in [0.717, 1.165) is 17.5 Å². The summed E-state index contributed by atoms with van der Waals surface area (Å²) in [5, 5.41) is 18.3. The predicted octanol–water partition coefficient (Wildman–Crippen LogP) is 7.55. The van der Waals surface area contributed by atoms with Crippen LogP contribution in [0.15, 0.2) is 78.9 Å². The van der Waals surface area contributed by atoms with Crippen LogP contribution in [-0.4, -0.2) is 10.2 Å². The summed E-state index contributed by atoms with van der Waals surface area (Å²) in [5.41, 5.74) is 3.69. The van der Waals surface area contributed by atoms with E-state index in [2.05, 4.69) is 38.1 Å². The zero-order valence-electron chi connectivity index (χ0n) is 18.2. The molecule has 2 nitrogen and oxygen atoms in total. The van der Waals surface area contributed by atoms with Crippen molar-refractivity contribution in [2.75, 3.05) is 0 Å². The van der Waals surface area contributed by atoms with Crippen molar-refractivity contribution in [2.24, 2.45) is 0 Å². The lowest BCUT2D eigenvalue weighted by molar-refractivity contribution is 0.475. The van der Waals surface area contributed by atoms with Crippen LogP contribution in [0.3, 0.4) is 0 Å². The Morgan fingerprint density at radius 1 is 0.571 bits per heavy atom. The maximum atomic E-state index is 9.13. The third kappa shape index (κ3) is 10.4. The van der Waals surface area contributed by atoms with E-state index in [4.69, 9.17) is 10.2 Å². The molecule has 3 aromatic carbocycles. The second-order valence-electron chi connectivity index (χ2n) is 6.08. The van der Waals surface area contributed by atoms with Gasteiger partial charge in [-0.05, 0) is 53.3 Å². The summed E-state index contributed by atoms with van der Waals surface area (Å²) in [6, 6.07) is 24.8. The topological polar surface area (TPSA) is 40.5 Å². The lowest BCUT2D eigenvalue weighted by atomic mass is 10.0. The molecule has 28 heavy (non-hydrogen) atoms. The minimum atomic E-state index is 0.282. The second-order valence-corrected chi connectivity index (χ2v) is 6.08. The lowest BCUT2D eigenvalue weighted by Gasteiger charge is -2.02. The van der Waals surface area contributed by atoms with Crippen LogP contribution < -0.4 is 0 Å². The average molecular weight is 381 g/mol. The van der Waals surface area contributed by atoms with E-state index >= 15 is 0 Å². The molecule has 0 amide bonds. The first-order chi connectivity index (χ1) is 13.5. The largest absolute Gasteiger partial charge is 0.508 e. The second kappa shape index (κ2) is 15.3. The Labute approximate surface area is 171 Å². The monoisotopic (exact) mass is 380 g/mol. The Kier molecular flexibility index (Phi) is 13.8. The first-order valence-electron chi connectivity index (χ1n) is 10.2. The number of phenols is 2. The van der Waals surface area contributed by atoms with Gasteiger partial charge in [0.25, 0.3) is 0 Å². The van der Waals surface area contributed by atoms with Crippen molar-refractivity contribution in [3.05, 3.63) is 95.6 Å². The number of aromatic hydroxyl groups is 2. The van der Waals surface area contributed by atoms with Gasteiger partial charge in [0.15, 0.2) is 0 Å². The SMILES string of the molecule is CC.CC.CC(C)c1ccccc1.Oc1ccc(Cc2ccc(O)cc2)cc1. The molecule has 0 atom stereocenters. The molecule has 0 fully saturated rings. The zero-order chi connectivity index (χ0) is 21.4. The van der Waals surface area contributed by atoms with Gasteiger partial charge in [0.1, 0.15) is 11.5 Å². The van der Waals surface area contributed by atoms with Crippen LogP contribution in [-0.2, 0) is 6.42 Å². The Hall–Kier alpha value is -2.74. The number of rotatable bonds is 3. The molecule has 2 N–H and O–H groups in total. The molecule has 2 heteroatoms. The molecule has 0 bridgehead atoms. The predicted molar refractivity (Wildman–Crippen MR) is 122 cm³/mol. The van der Waals surface area contributed by atoms with Gasteiger partial charge in [-0.15, -0.1) is 0 Å². The van der Waals surface area contributed by atoms with Gasteiger partial charge >= 0.3 is 0 Å². The van der Waals surface area contributed by atoms with E-state index in [1.807, 2.05) is 58.0 Å². The number of hydrogen-bond acceptors (Lipinski definition) is 2. The fraction of sp³-hybridized carbons (Fsp3) is 0.308. The fourth-order valence-corrected chi connectivity index (χ4v) is 2.30. The molecule has 0 radical (unpaired) electrons. The molecule has 0 unspecified atom stereocenters. The van der Waals surface area contributed by atoms with E-state index in [0.29, 0.717) is 5.92 Å². The highest BCUT2D eigenvalue weighted by atomic mass is 16.3. The summed E-state index contributed by atoms with van der Waals surface area (Å²) >= 11 is 0. The van der Waals surface area contributed by atoms with Gasteiger partial charge in [0.05, 0.1) is 0 Å². The van der Waals surface area contributed by atoms with E-state index in [9.17, 15) is 0 Å². The van der Waals surface area contributed by atoms with Crippen LogP contribution in [0.5, 0.6) is 11.5 Å². The van der Waals surface area contributed by atoms with Gasteiger partial charge in [0, 0.05) is 0 Å². The quantitative estimate of drug-likeness (QED) is 0.492. The highest BCUT2D eigenvalue weighted by Gasteiger charge is 1.97. The third-order valence-corrected chi connectivity index (χ3v) is 3.75. The Balaban J connectivity index is 0.000000481. The third-order valence-electron chi connectivity index (χ3n) is 3.75. The average Bonchev–Trinajstić information content (AvgIpc) is 2.75. The molecule has 3 aromatic rings. The Morgan fingerprint density at radius 3 is 1.21 bits per heavy atom. The van der Waals surface area contributed by atoms with Crippen molar-refractivity contribution in [2.45, 2.75) is 53.9 Å². The Bertz CT molecular complexity index is 671. The smallest absolute Gasteiger partial charge is 0.115 e. The van der Waals surface area contributed by atoms with Crippen LogP contribution in [0.1, 0.15) is 64.2 Å². The molecule has 0 aromatic heterocycles. The van der Waals surface area contributed by atoms with Gasteiger partial charge in [-0.3, -0.25) is 0 Å². The first-order valence-corrected chi connectivity index (χ1v) is 10.2. The molecule has 0 heterocycles. The van der Waals surface area contributed by atoms with E-state index < -0.39 is 0 Å². The molecule has 3 rings (SSSR count). The molecular formula is C26H36O2. The van der Waals surface area contributed by atoms with Gasteiger partial charge in [-0.25, -0.2) is 0 Å². The molecule has 0 saturated carbocycles. The van der Waals surface area contributed by atoms with Gasteiger partial charge in [-0.1, -0.05) is 96.1 Å². The number of phenolic OH excluding ortho intramolecular Hbond substituents is 2. The summed E-state index contributed by atoms with van der Waals surface area (Å²) < 4.78 is 0. The van der Waals surface area contributed by atoms with Crippen molar-refractivity contribution in [1.82, 2.24) is 0 Å². The van der Waals surface area contributed by atoms with Crippen molar-refractivity contribution < 1.29 is 10.2 Å². The summed E-state index contributed by atoms with van der Waals surface area (Å²) in [6.45, 7) is 12.4. The highest BCUT2D eigenvalue weighted by molar-refractivity contribution is 5.33. The summed E-state index contributed by atoms with van der Waals surface area (Å²) in [5.74, 6) is 1.22. The minimum Gasteiger partial charge on any atom is -0.508 e. The zero-order valence-corrected chi connectivity index (χ0v) is 18.2. The van der Waals surface area contributed by atoms with Crippen LogP contribution in [0, 0.1) is 0 Å². The van der Waals surface area contributed by atoms with Crippen LogP contribution in [0.25, 0.3) is 0 Å². The van der Waals surface area contributed by atoms with Crippen molar-refractivity contribution in [3.63, 3.8) is 0 Å². The van der Waals surface area contributed by atoms with Crippen LogP contribution >= 0.6 is 0 Å². The summed E-state index contributed by atoms with van der Waals surface area (Å²) in [4.78, 5) is 0. The highest BCUT2D eigenvalue weighted by Crippen LogP contribution is 2.16. The molecule has 0 aliphatic carbocycles. The summed E-state index contributed by atoms with van der Waals surface area (Å²) in [7, 11) is 0. The normalized spacial score (nSPS) is 9.11. The number of benzene rings is 3. The van der Waals surface area contributed by atoms with Crippen LogP contribution in [0.4, 0.5) is 0 Å². The Morgan fingerprint density at radius 2 is 0.929 bits per heavy atom. The van der Waals surface area contributed by atoms with E-state index in [1.54, 1.807) is 24.3 Å². The first kappa shape index (κ1) is 25.3. The summed E-state index contributed by atoms with van der Waals surface area (Å²) in [6.07, 6.45) is 0.806. The molecular weight excluding hydrogens is 344 g/mol. The van der Waals surface area contributed by atoms with E-state index in [-0.39, 0.29) is 11.5 Å². The number of hydrogen-bond donors (Lipinski definition) is 2. The molecule has 0 saturated heterocycles. The molecule has 0 aliphatic heterocycles. The molecule has 152 valence electrons.